The van der Waals surface area contributed by atoms with Gasteiger partial charge in [0.05, 0.1) is 15.8 Å². The highest BCUT2D eigenvalue weighted by atomic mass is 35.5. The molecular weight excluding hydrogens is 451 g/mol. The van der Waals surface area contributed by atoms with Gasteiger partial charge < -0.3 is 10.2 Å². The molecule has 0 fully saturated rings. The molecule has 0 saturated carbocycles. The number of hydrogen-bond acceptors (Lipinski definition) is 3. The Balaban J connectivity index is 2.11. The standard InChI is InChI=1S/C24H30Cl2N2O2S/c1-5-17(3)27-24(30)18(4)28(13-19-9-10-21(25)22(26)12-19)23(29)15-31-14-20-8-6-7-16(2)11-20/h6-12,17-18H,5,13-15H2,1-4H3,(H,27,30)/t17-,18-/m0/s1. The van der Waals surface area contributed by atoms with Gasteiger partial charge in [-0.3, -0.25) is 9.59 Å². The van der Waals surface area contributed by atoms with Crippen molar-refractivity contribution in [3.63, 3.8) is 0 Å². The van der Waals surface area contributed by atoms with Crippen molar-refractivity contribution in [2.24, 2.45) is 0 Å². The number of amides is 2. The summed E-state index contributed by atoms with van der Waals surface area (Å²) in [6.07, 6.45) is 0.825. The van der Waals surface area contributed by atoms with Gasteiger partial charge >= 0.3 is 0 Å². The second-order valence-electron chi connectivity index (χ2n) is 7.75. The average Bonchev–Trinajstić information content (AvgIpc) is 2.73. The number of nitrogens with zero attached hydrogens (tertiary/aromatic N) is 1. The number of thioether (sulfide) groups is 1. The normalized spacial score (nSPS) is 12.8. The summed E-state index contributed by atoms with van der Waals surface area (Å²) in [4.78, 5) is 27.5. The third kappa shape index (κ3) is 8.06. The largest absolute Gasteiger partial charge is 0.352 e. The molecule has 0 aromatic heterocycles. The molecule has 0 bridgehead atoms. The summed E-state index contributed by atoms with van der Waals surface area (Å²) in [5.41, 5.74) is 3.20. The molecule has 0 aliphatic rings. The predicted molar refractivity (Wildman–Crippen MR) is 132 cm³/mol. The third-order valence-electron chi connectivity index (χ3n) is 5.08. The van der Waals surface area contributed by atoms with Crippen molar-refractivity contribution in [2.75, 3.05) is 5.75 Å². The Labute approximate surface area is 199 Å². The van der Waals surface area contributed by atoms with Crippen LogP contribution in [0.4, 0.5) is 0 Å². The molecule has 0 aliphatic heterocycles. The molecule has 0 unspecified atom stereocenters. The fourth-order valence-corrected chi connectivity index (χ4v) is 4.20. The van der Waals surface area contributed by atoms with E-state index < -0.39 is 6.04 Å². The monoisotopic (exact) mass is 480 g/mol. The summed E-state index contributed by atoms with van der Waals surface area (Å²) < 4.78 is 0. The van der Waals surface area contributed by atoms with Gasteiger partial charge in [0.2, 0.25) is 11.8 Å². The van der Waals surface area contributed by atoms with Crippen LogP contribution in [0.3, 0.4) is 0 Å². The molecule has 0 heterocycles. The number of aryl methyl sites for hydroxylation is 1. The van der Waals surface area contributed by atoms with Crippen LogP contribution >= 0.6 is 35.0 Å². The highest BCUT2D eigenvalue weighted by Gasteiger charge is 2.26. The maximum Gasteiger partial charge on any atom is 0.242 e. The first-order valence-corrected chi connectivity index (χ1v) is 12.3. The molecule has 0 saturated heterocycles. The molecule has 2 atom stereocenters. The van der Waals surface area contributed by atoms with Crippen molar-refractivity contribution < 1.29 is 9.59 Å². The molecule has 2 rings (SSSR count). The van der Waals surface area contributed by atoms with E-state index >= 15 is 0 Å². The number of rotatable bonds is 10. The summed E-state index contributed by atoms with van der Waals surface area (Å²) in [6, 6.07) is 13.0. The van der Waals surface area contributed by atoms with Gasteiger partial charge in [-0.2, -0.15) is 0 Å². The van der Waals surface area contributed by atoms with Gasteiger partial charge in [-0.1, -0.05) is 66.0 Å². The van der Waals surface area contributed by atoms with Gasteiger partial charge in [-0.25, -0.2) is 0 Å². The Morgan fingerprint density at radius 3 is 2.45 bits per heavy atom. The minimum Gasteiger partial charge on any atom is -0.352 e. The van der Waals surface area contributed by atoms with Crippen molar-refractivity contribution >= 4 is 46.8 Å². The lowest BCUT2D eigenvalue weighted by Gasteiger charge is -2.29. The molecule has 31 heavy (non-hydrogen) atoms. The number of carbonyl (C=O) groups is 2. The van der Waals surface area contributed by atoms with Gasteiger partial charge in [0.15, 0.2) is 0 Å². The van der Waals surface area contributed by atoms with Crippen LogP contribution in [-0.4, -0.2) is 34.6 Å². The maximum absolute atomic E-state index is 13.1. The number of nitrogens with one attached hydrogen (secondary N) is 1. The molecule has 168 valence electrons. The Morgan fingerprint density at radius 1 is 1.06 bits per heavy atom. The van der Waals surface area contributed by atoms with Crippen LogP contribution in [-0.2, 0) is 21.9 Å². The van der Waals surface area contributed by atoms with Gasteiger partial charge in [0.25, 0.3) is 0 Å². The second-order valence-corrected chi connectivity index (χ2v) is 9.55. The summed E-state index contributed by atoms with van der Waals surface area (Å²) >= 11 is 13.7. The Morgan fingerprint density at radius 2 is 1.81 bits per heavy atom. The lowest BCUT2D eigenvalue weighted by Crippen LogP contribution is -2.50. The zero-order chi connectivity index (χ0) is 23.0. The van der Waals surface area contributed by atoms with Crippen molar-refractivity contribution in [1.29, 1.82) is 0 Å². The molecule has 0 spiro atoms. The summed E-state index contributed by atoms with van der Waals surface area (Å²) in [5.74, 6) is 0.777. The number of carbonyl (C=O) groups excluding carboxylic acids is 2. The zero-order valence-electron chi connectivity index (χ0n) is 18.5. The van der Waals surface area contributed by atoms with Gasteiger partial charge in [-0.05, 0) is 50.5 Å². The molecule has 7 heteroatoms. The number of hydrogen-bond donors (Lipinski definition) is 1. The van der Waals surface area contributed by atoms with Crippen LogP contribution in [0.2, 0.25) is 10.0 Å². The number of halogens is 2. The minimum atomic E-state index is -0.601. The molecule has 2 aromatic carbocycles. The first kappa shape index (κ1) is 25.6. The minimum absolute atomic E-state index is 0.0487. The van der Waals surface area contributed by atoms with E-state index in [0.29, 0.717) is 10.0 Å². The highest BCUT2D eigenvalue weighted by Crippen LogP contribution is 2.24. The van der Waals surface area contributed by atoms with Crippen molar-refractivity contribution in [3.05, 3.63) is 69.2 Å². The second kappa shape index (κ2) is 12.4. The molecule has 0 radical (unpaired) electrons. The average molecular weight is 481 g/mol. The van der Waals surface area contributed by atoms with Gasteiger partial charge in [0.1, 0.15) is 6.04 Å². The Bertz CT molecular complexity index is 907. The van der Waals surface area contributed by atoms with E-state index in [9.17, 15) is 9.59 Å². The van der Waals surface area contributed by atoms with Crippen LogP contribution in [0, 0.1) is 6.92 Å². The zero-order valence-corrected chi connectivity index (χ0v) is 20.8. The Kier molecular flexibility index (Phi) is 10.2. The van der Waals surface area contributed by atoms with E-state index in [2.05, 4.69) is 30.4 Å². The highest BCUT2D eigenvalue weighted by molar-refractivity contribution is 7.99. The van der Waals surface area contributed by atoms with Crippen molar-refractivity contribution in [1.82, 2.24) is 10.2 Å². The van der Waals surface area contributed by atoms with E-state index in [1.54, 1.807) is 35.7 Å². The Hall–Kier alpha value is -1.69. The van der Waals surface area contributed by atoms with Crippen LogP contribution in [0.25, 0.3) is 0 Å². The van der Waals surface area contributed by atoms with Crippen LogP contribution in [0.5, 0.6) is 0 Å². The quantitative estimate of drug-likeness (QED) is 0.462. The first-order valence-electron chi connectivity index (χ1n) is 10.4. The number of benzene rings is 2. The molecule has 4 nitrogen and oxygen atoms in total. The predicted octanol–water partition coefficient (Wildman–Crippen LogP) is 5.87. The van der Waals surface area contributed by atoms with Gasteiger partial charge in [-0.15, -0.1) is 11.8 Å². The fourth-order valence-electron chi connectivity index (χ4n) is 3.02. The van der Waals surface area contributed by atoms with Crippen LogP contribution in [0.1, 0.15) is 43.9 Å². The summed E-state index contributed by atoms with van der Waals surface area (Å²) in [5, 5.41) is 3.86. The molecule has 2 amide bonds. The van der Waals surface area contributed by atoms with Crippen LogP contribution < -0.4 is 5.32 Å². The van der Waals surface area contributed by atoms with E-state index in [1.165, 1.54) is 11.1 Å². The van der Waals surface area contributed by atoms with E-state index in [-0.39, 0.29) is 30.2 Å². The topological polar surface area (TPSA) is 49.4 Å². The smallest absolute Gasteiger partial charge is 0.242 e. The van der Waals surface area contributed by atoms with E-state index in [4.69, 9.17) is 23.2 Å². The van der Waals surface area contributed by atoms with E-state index in [0.717, 1.165) is 17.7 Å². The molecule has 2 aromatic rings. The molecule has 0 aliphatic carbocycles. The summed E-state index contributed by atoms with van der Waals surface area (Å²) in [7, 11) is 0. The lowest BCUT2D eigenvalue weighted by atomic mass is 10.1. The fraction of sp³-hybridized carbons (Fsp3) is 0.417. The molecule has 1 N–H and O–H groups in total. The van der Waals surface area contributed by atoms with E-state index in [1.807, 2.05) is 26.0 Å². The van der Waals surface area contributed by atoms with Gasteiger partial charge in [0, 0.05) is 18.3 Å². The lowest BCUT2D eigenvalue weighted by molar-refractivity contribution is -0.138. The van der Waals surface area contributed by atoms with Crippen molar-refractivity contribution in [2.45, 2.75) is 58.5 Å². The SMILES string of the molecule is CC[C@H](C)NC(=O)[C@H](C)N(Cc1ccc(Cl)c(Cl)c1)C(=O)CSCc1cccc(C)c1. The summed E-state index contributed by atoms with van der Waals surface area (Å²) in [6.45, 7) is 8.06. The van der Waals surface area contributed by atoms with Crippen LogP contribution in [0.15, 0.2) is 42.5 Å². The maximum atomic E-state index is 13.1. The first-order chi connectivity index (χ1) is 14.7. The molecular formula is C24H30Cl2N2O2S. The van der Waals surface area contributed by atoms with Crippen molar-refractivity contribution in [3.8, 4) is 0 Å². The third-order valence-corrected chi connectivity index (χ3v) is 6.81.